The van der Waals surface area contributed by atoms with Gasteiger partial charge in [0, 0.05) is 11.3 Å². The van der Waals surface area contributed by atoms with Crippen LogP contribution in [-0.2, 0) is 5.41 Å². The summed E-state index contributed by atoms with van der Waals surface area (Å²) in [6.07, 6.45) is 0. The van der Waals surface area contributed by atoms with E-state index < -0.39 is 5.41 Å². The molecule has 268 valence electrons. The Hall–Kier alpha value is -7.55. The third kappa shape index (κ3) is 4.13. The van der Waals surface area contributed by atoms with Crippen LogP contribution in [0.3, 0.4) is 0 Å². The van der Waals surface area contributed by atoms with E-state index in [9.17, 15) is 0 Å². The number of fused-ring (bicyclic) bond motifs is 17. The molecule has 2 aliphatic rings. The predicted octanol–water partition coefficient (Wildman–Crippen LogP) is 14.2. The molecule has 0 unspecified atom stereocenters. The maximum absolute atomic E-state index is 5.12. The summed E-state index contributed by atoms with van der Waals surface area (Å²) in [5.41, 5.74) is 17.0. The summed E-state index contributed by atoms with van der Waals surface area (Å²) in [4.78, 5) is 5.12. The summed E-state index contributed by atoms with van der Waals surface area (Å²) in [6, 6.07) is 76.2. The second-order valence-electron chi connectivity index (χ2n) is 15.8. The molecule has 13 rings (SSSR count). The number of nitrogens with zero attached hydrogens (tertiary/aromatic N) is 2. The van der Waals surface area contributed by atoms with Gasteiger partial charge in [-0.05, 0) is 130 Å². The second kappa shape index (κ2) is 11.7. The minimum absolute atomic E-state index is 0.470. The lowest BCUT2D eigenvalue weighted by Crippen LogP contribution is -2.26. The van der Waals surface area contributed by atoms with Gasteiger partial charge in [0.15, 0.2) is 0 Å². The molecule has 0 aliphatic heterocycles. The van der Waals surface area contributed by atoms with E-state index in [0.29, 0.717) is 0 Å². The van der Waals surface area contributed by atoms with Crippen LogP contribution in [0.5, 0.6) is 0 Å². The summed E-state index contributed by atoms with van der Waals surface area (Å²) in [5, 5.41) is 7.72. The van der Waals surface area contributed by atoms with Crippen LogP contribution in [0.2, 0.25) is 0 Å². The first-order valence-electron chi connectivity index (χ1n) is 20.1. The minimum atomic E-state index is -0.470. The van der Waals surface area contributed by atoms with Crippen molar-refractivity contribution in [2.45, 2.75) is 5.41 Å². The maximum atomic E-state index is 5.12. The molecule has 0 bridgehead atoms. The van der Waals surface area contributed by atoms with E-state index >= 15 is 0 Å². The molecule has 2 heteroatoms. The lowest BCUT2D eigenvalue weighted by atomic mass is 9.69. The Labute approximate surface area is 335 Å². The van der Waals surface area contributed by atoms with Crippen LogP contribution in [0.15, 0.2) is 206 Å². The maximum Gasteiger partial charge on any atom is 0.145 e. The van der Waals surface area contributed by atoms with Gasteiger partial charge in [0.2, 0.25) is 0 Å². The standard InChI is InChI=1S/C56H34N2/c1-2-15-35(16-3-1)55-57-51-27-12-13-28-52(51)58(55)40-18-14-17-36(32-40)37-29-30-38-33-47-50(34-39(38)31-37)56(48-25-10-8-21-43(48)44-22-9-11-26-49(44)56)54-46-24-7-5-20-42(46)41-19-4-6-23-45(41)53(47)54/h1-34H. The number of imidazole rings is 1. The molecule has 0 saturated carbocycles. The fraction of sp³-hybridized carbons (Fsp3) is 0.0179. The topological polar surface area (TPSA) is 17.8 Å². The van der Waals surface area contributed by atoms with Gasteiger partial charge in [-0.2, -0.15) is 0 Å². The molecule has 58 heavy (non-hydrogen) atoms. The van der Waals surface area contributed by atoms with Crippen molar-refractivity contribution in [2.75, 3.05) is 0 Å². The van der Waals surface area contributed by atoms with E-state index in [1.165, 1.54) is 88.0 Å². The van der Waals surface area contributed by atoms with Gasteiger partial charge in [-0.3, -0.25) is 4.57 Å². The zero-order valence-corrected chi connectivity index (χ0v) is 31.5. The van der Waals surface area contributed by atoms with Gasteiger partial charge in [-0.15, -0.1) is 0 Å². The van der Waals surface area contributed by atoms with E-state index in [-0.39, 0.29) is 0 Å². The first kappa shape index (κ1) is 31.6. The quantitative estimate of drug-likeness (QED) is 0.165. The van der Waals surface area contributed by atoms with Gasteiger partial charge in [0.1, 0.15) is 5.82 Å². The van der Waals surface area contributed by atoms with Gasteiger partial charge in [0.25, 0.3) is 0 Å². The summed E-state index contributed by atoms with van der Waals surface area (Å²) in [7, 11) is 0. The highest BCUT2D eigenvalue weighted by Crippen LogP contribution is 2.65. The van der Waals surface area contributed by atoms with E-state index in [2.05, 4.69) is 211 Å². The summed E-state index contributed by atoms with van der Waals surface area (Å²) in [6.45, 7) is 0. The number of rotatable bonds is 3. The third-order valence-corrected chi connectivity index (χ3v) is 12.9. The summed E-state index contributed by atoms with van der Waals surface area (Å²) >= 11 is 0. The monoisotopic (exact) mass is 734 g/mol. The highest BCUT2D eigenvalue weighted by molar-refractivity contribution is 6.20. The van der Waals surface area contributed by atoms with Crippen LogP contribution in [0, 0.1) is 0 Å². The predicted molar refractivity (Wildman–Crippen MR) is 241 cm³/mol. The molecular weight excluding hydrogens is 701 g/mol. The van der Waals surface area contributed by atoms with Gasteiger partial charge in [-0.25, -0.2) is 4.98 Å². The molecule has 0 atom stereocenters. The van der Waals surface area contributed by atoms with E-state index in [4.69, 9.17) is 4.98 Å². The first-order valence-corrected chi connectivity index (χ1v) is 20.1. The second-order valence-corrected chi connectivity index (χ2v) is 15.8. The van der Waals surface area contributed by atoms with Crippen molar-refractivity contribution in [3.05, 3.63) is 229 Å². The SMILES string of the molecule is c1ccc(-c2nc3ccccc3n2-c2cccc(-c3ccc4cc5c(cc4c3)C3(c4ccccc4-c4ccccc43)c3c-5c4ccccc4c4ccccc34)c2)cc1. The van der Waals surface area contributed by atoms with Gasteiger partial charge in [0.05, 0.1) is 16.4 Å². The van der Waals surface area contributed by atoms with Crippen LogP contribution in [0.25, 0.3) is 93.8 Å². The molecule has 0 amide bonds. The molecule has 0 fully saturated rings. The van der Waals surface area contributed by atoms with Crippen molar-refractivity contribution in [1.29, 1.82) is 0 Å². The van der Waals surface area contributed by atoms with Crippen LogP contribution < -0.4 is 0 Å². The normalized spacial score (nSPS) is 13.3. The molecule has 0 radical (unpaired) electrons. The van der Waals surface area contributed by atoms with Crippen molar-refractivity contribution in [3.63, 3.8) is 0 Å². The molecule has 1 heterocycles. The third-order valence-electron chi connectivity index (χ3n) is 12.9. The van der Waals surface area contributed by atoms with Crippen molar-refractivity contribution >= 4 is 43.4 Å². The van der Waals surface area contributed by atoms with Crippen molar-refractivity contribution in [3.8, 4) is 50.5 Å². The zero-order valence-electron chi connectivity index (χ0n) is 31.5. The molecule has 0 saturated heterocycles. The minimum Gasteiger partial charge on any atom is -0.292 e. The van der Waals surface area contributed by atoms with Crippen LogP contribution in [0.1, 0.15) is 22.3 Å². The number of hydrogen-bond acceptors (Lipinski definition) is 1. The lowest BCUT2D eigenvalue weighted by molar-refractivity contribution is 0.803. The fourth-order valence-electron chi connectivity index (χ4n) is 10.6. The zero-order chi connectivity index (χ0) is 38.0. The molecule has 11 aromatic rings. The lowest BCUT2D eigenvalue weighted by Gasteiger charge is -2.32. The van der Waals surface area contributed by atoms with Crippen LogP contribution in [-0.4, -0.2) is 9.55 Å². The Balaban J connectivity index is 1.07. The molecule has 1 spiro atoms. The summed E-state index contributed by atoms with van der Waals surface area (Å²) < 4.78 is 2.30. The number of para-hydroxylation sites is 2. The molecular formula is C56H34N2. The molecule has 0 N–H and O–H groups in total. The molecule has 1 aromatic heterocycles. The van der Waals surface area contributed by atoms with E-state index in [0.717, 1.165) is 28.1 Å². The fourth-order valence-corrected chi connectivity index (χ4v) is 10.6. The molecule has 2 nitrogen and oxygen atoms in total. The first-order chi connectivity index (χ1) is 28.8. The van der Waals surface area contributed by atoms with E-state index in [1.54, 1.807) is 0 Å². The Kier molecular flexibility index (Phi) is 6.40. The number of benzene rings is 10. The Morgan fingerprint density at radius 1 is 0.379 bits per heavy atom. The Morgan fingerprint density at radius 2 is 1.00 bits per heavy atom. The van der Waals surface area contributed by atoms with Crippen molar-refractivity contribution in [2.24, 2.45) is 0 Å². The van der Waals surface area contributed by atoms with E-state index in [1.807, 2.05) is 0 Å². The van der Waals surface area contributed by atoms with Crippen LogP contribution >= 0.6 is 0 Å². The largest absolute Gasteiger partial charge is 0.292 e. The highest BCUT2D eigenvalue weighted by Gasteiger charge is 2.53. The average Bonchev–Trinajstić information content (AvgIpc) is 3.93. The van der Waals surface area contributed by atoms with Gasteiger partial charge < -0.3 is 0 Å². The molecule has 10 aromatic carbocycles. The highest BCUT2D eigenvalue weighted by atomic mass is 15.1. The Bertz CT molecular complexity index is 3470. The number of aromatic nitrogens is 2. The summed E-state index contributed by atoms with van der Waals surface area (Å²) in [5.74, 6) is 0.940. The van der Waals surface area contributed by atoms with Crippen molar-refractivity contribution < 1.29 is 0 Å². The smallest absolute Gasteiger partial charge is 0.145 e. The Morgan fingerprint density at radius 3 is 1.79 bits per heavy atom. The van der Waals surface area contributed by atoms with Crippen molar-refractivity contribution in [1.82, 2.24) is 9.55 Å². The van der Waals surface area contributed by atoms with Gasteiger partial charge >= 0.3 is 0 Å². The average molecular weight is 735 g/mol. The van der Waals surface area contributed by atoms with Gasteiger partial charge in [-0.1, -0.05) is 164 Å². The molecule has 2 aliphatic carbocycles. The number of hydrogen-bond donors (Lipinski definition) is 0. The van der Waals surface area contributed by atoms with Crippen LogP contribution in [0.4, 0.5) is 0 Å².